The maximum Gasteiger partial charge on any atom is 0.114 e. The highest BCUT2D eigenvalue weighted by Gasteiger charge is 2.46. The van der Waals surface area contributed by atoms with Gasteiger partial charge in [0.1, 0.15) is 5.67 Å². The van der Waals surface area contributed by atoms with E-state index in [1.165, 1.54) is 25.7 Å². The lowest BCUT2D eigenvalue weighted by Crippen LogP contribution is -2.46. The highest BCUT2D eigenvalue weighted by molar-refractivity contribution is 5.01. The van der Waals surface area contributed by atoms with Gasteiger partial charge in [-0.1, -0.05) is 12.8 Å². The summed E-state index contributed by atoms with van der Waals surface area (Å²) in [5.74, 6) is 0.738. The fraction of sp³-hybridized carbons (Fsp3) is 1.00. The van der Waals surface area contributed by atoms with Crippen LogP contribution in [-0.4, -0.2) is 17.8 Å². The second-order valence-corrected chi connectivity index (χ2v) is 5.34. The van der Waals surface area contributed by atoms with Gasteiger partial charge in [-0.3, -0.25) is 0 Å². The molecule has 2 aliphatic heterocycles. The van der Waals surface area contributed by atoms with E-state index < -0.39 is 5.67 Å². The Labute approximate surface area is 79.1 Å². The summed E-state index contributed by atoms with van der Waals surface area (Å²) in [6, 6.07) is 1.00. The summed E-state index contributed by atoms with van der Waals surface area (Å²) in [5.41, 5.74) is -0.793. The van der Waals surface area contributed by atoms with Crippen LogP contribution in [0.2, 0.25) is 0 Å². The smallest absolute Gasteiger partial charge is 0.114 e. The molecule has 1 nitrogen and oxygen atoms in total. The Balaban J connectivity index is 1.68. The van der Waals surface area contributed by atoms with Crippen LogP contribution in [0.15, 0.2) is 0 Å². The van der Waals surface area contributed by atoms with Crippen LogP contribution in [0.25, 0.3) is 0 Å². The van der Waals surface area contributed by atoms with Gasteiger partial charge in [0, 0.05) is 12.1 Å². The number of fused-ring (bicyclic) bond motifs is 2. The molecule has 1 N–H and O–H groups in total. The number of alkyl halides is 1. The van der Waals surface area contributed by atoms with Gasteiger partial charge in [-0.05, 0) is 38.0 Å². The lowest BCUT2D eigenvalue weighted by atomic mass is 9.85. The maximum atomic E-state index is 14.4. The zero-order chi connectivity index (χ0) is 8.89. The van der Waals surface area contributed by atoms with E-state index in [-0.39, 0.29) is 0 Å². The van der Waals surface area contributed by atoms with E-state index >= 15 is 0 Å². The molecule has 3 rings (SSSR count). The molecule has 0 aromatic carbocycles. The van der Waals surface area contributed by atoms with Gasteiger partial charge in [0.05, 0.1) is 0 Å². The van der Waals surface area contributed by atoms with Crippen LogP contribution >= 0.6 is 0 Å². The van der Waals surface area contributed by atoms with Crippen LogP contribution < -0.4 is 5.32 Å². The van der Waals surface area contributed by atoms with Crippen molar-refractivity contribution < 1.29 is 4.39 Å². The van der Waals surface area contributed by atoms with Gasteiger partial charge in [-0.15, -0.1) is 0 Å². The molecule has 0 spiro atoms. The van der Waals surface area contributed by atoms with Gasteiger partial charge < -0.3 is 5.32 Å². The van der Waals surface area contributed by atoms with Gasteiger partial charge >= 0.3 is 0 Å². The summed E-state index contributed by atoms with van der Waals surface area (Å²) >= 11 is 0. The quantitative estimate of drug-likeness (QED) is 0.693. The minimum atomic E-state index is -0.793. The standard InChI is InChI=1S/C11H18FN/c12-11(5-8-1-2-8)6-9-3-4-10(7-11)13-9/h8-10,13H,1-7H2. The van der Waals surface area contributed by atoms with E-state index in [0.29, 0.717) is 12.1 Å². The minimum Gasteiger partial charge on any atom is -0.311 e. The topological polar surface area (TPSA) is 12.0 Å². The highest BCUT2D eigenvalue weighted by Crippen LogP contribution is 2.46. The van der Waals surface area contributed by atoms with Crippen LogP contribution in [0, 0.1) is 5.92 Å². The summed E-state index contributed by atoms with van der Waals surface area (Å²) in [5, 5.41) is 3.50. The Morgan fingerprint density at radius 3 is 2.23 bits per heavy atom. The molecule has 3 aliphatic rings. The fourth-order valence-corrected chi connectivity index (χ4v) is 3.20. The van der Waals surface area contributed by atoms with Gasteiger partial charge in [0.15, 0.2) is 0 Å². The van der Waals surface area contributed by atoms with E-state index in [1.807, 2.05) is 0 Å². The molecule has 13 heavy (non-hydrogen) atoms. The molecule has 1 saturated carbocycles. The van der Waals surface area contributed by atoms with Crippen molar-refractivity contribution in [2.24, 2.45) is 5.92 Å². The third-order valence-electron chi connectivity index (χ3n) is 3.91. The first-order valence-corrected chi connectivity index (χ1v) is 5.68. The second-order valence-electron chi connectivity index (χ2n) is 5.34. The monoisotopic (exact) mass is 183 g/mol. The predicted octanol–water partition coefficient (Wildman–Crippen LogP) is 2.41. The highest BCUT2D eigenvalue weighted by atomic mass is 19.1. The maximum absolute atomic E-state index is 14.4. The van der Waals surface area contributed by atoms with Crippen molar-refractivity contribution in [1.29, 1.82) is 0 Å². The van der Waals surface area contributed by atoms with Gasteiger partial charge in [0.2, 0.25) is 0 Å². The lowest BCUT2D eigenvalue weighted by molar-refractivity contribution is 0.0733. The Morgan fingerprint density at radius 2 is 1.69 bits per heavy atom. The molecular formula is C11H18FN. The van der Waals surface area contributed by atoms with Crippen LogP contribution in [0.3, 0.4) is 0 Å². The number of piperidine rings is 1. The van der Waals surface area contributed by atoms with E-state index in [1.54, 1.807) is 0 Å². The molecule has 74 valence electrons. The molecule has 2 saturated heterocycles. The van der Waals surface area contributed by atoms with E-state index in [9.17, 15) is 4.39 Å². The lowest BCUT2D eigenvalue weighted by Gasteiger charge is -2.35. The van der Waals surface area contributed by atoms with E-state index in [4.69, 9.17) is 0 Å². The van der Waals surface area contributed by atoms with Crippen LogP contribution in [-0.2, 0) is 0 Å². The molecule has 0 aromatic heterocycles. The molecule has 2 heterocycles. The minimum absolute atomic E-state index is 0.502. The molecular weight excluding hydrogens is 165 g/mol. The van der Waals surface area contributed by atoms with Crippen molar-refractivity contribution in [2.75, 3.05) is 0 Å². The molecule has 2 heteroatoms. The van der Waals surface area contributed by atoms with Crippen molar-refractivity contribution in [1.82, 2.24) is 5.32 Å². The summed E-state index contributed by atoms with van der Waals surface area (Å²) in [6.45, 7) is 0. The molecule has 0 aromatic rings. The number of hydrogen-bond acceptors (Lipinski definition) is 1. The van der Waals surface area contributed by atoms with Crippen molar-refractivity contribution >= 4 is 0 Å². The molecule has 2 unspecified atom stereocenters. The van der Waals surface area contributed by atoms with Crippen LogP contribution in [0.4, 0.5) is 4.39 Å². The van der Waals surface area contributed by atoms with Crippen LogP contribution in [0.5, 0.6) is 0 Å². The Hall–Kier alpha value is -0.110. The van der Waals surface area contributed by atoms with E-state index in [2.05, 4.69) is 5.32 Å². The normalized spacial score (nSPS) is 49.6. The van der Waals surface area contributed by atoms with Crippen molar-refractivity contribution in [3.63, 3.8) is 0 Å². The zero-order valence-electron chi connectivity index (χ0n) is 8.06. The average molecular weight is 183 g/mol. The van der Waals surface area contributed by atoms with E-state index in [0.717, 1.165) is 25.2 Å². The zero-order valence-corrected chi connectivity index (χ0v) is 8.06. The first kappa shape index (κ1) is 8.22. The van der Waals surface area contributed by atoms with Crippen molar-refractivity contribution in [2.45, 2.75) is 62.7 Å². The molecule has 3 fully saturated rings. The Morgan fingerprint density at radius 1 is 1.08 bits per heavy atom. The Bertz CT molecular complexity index is 200. The first-order chi connectivity index (χ1) is 6.23. The number of halogens is 1. The van der Waals surface area contributed by atoms with Crippen molar-refractivity contribution in [3.05, 3.63) is 0 Å². The SMILES string of the molecule is FC1(CC2CC2)CC2CCC(C1)N2. The third kappa shape index (κ3) is 1.61. The fourth-order valence-electron chi connectivity index (χ4n) is 3.20. The molecule has 1 aliphatic carbocycles. The number of rotatable bonds is 2. The molecule has 2 bridgehead atoms. The summed E-state index contributed by atoms with van der Waals surface area (Å²) in [6.07, 6.45) is 7.44. The third-order valence-corrected chi connectivity index (χ3v) is 3.91. The second kappa shape index (κ2) is 2.69. The Kier molecular flexibility index (Phi) is 1.70. The largest absolute Gasteiger partial charge is 0.311 e. The summed E-state index contributed by atoms with van der Waals surface area (Å²) in [4.78, 5) is 0. The summed E-state index contributed by atoms with van der Waals surface area (Å²) < 4.78 is 14.4. The summed E-state index contributed by atoms with van der Waals surface area (Å²) in [7, 11) is 0. The average Bonchev–Trinajstić information content (AvgIpc) is 2.77. The number of hydrogen-bond donors (Lipinski definition) is 1. The molecule has 2 atom stereocenters. The van der Waals surface area contributed by atoms with Gasteiger partial charge in [0.25, 0.3) is 0 Å². The first-order valence-electron chi connectivity index (χ1n) is 5.68. The van der Waals surface area contributed by atoms with Crippen LogP contribution in [0.1, 0.15) is 44.9 Å². The van der Waals surface area contributed by atoms with Gasteiger partial charge in [-0.25, -0.2) is 4.39 Å². The number of nitrogens with one attached hydrogen (secondary N) is 1. The van der Waals surface area contributed by atoms with Gasteiger partial charge in [-0.2, -0.15) is 0 Å². The van der Waals surface area contributed by atoms with Crippen molar-refractivity contribution in [3.8, 4) is 0 Å². The predicted molar refractivity (Wildman–Crippen MR) is 50.4 cm³/mol. The molecule has 0 amide bonds. The molecule has 0 radical (unpaired) electrons.